The molecule has 0 atom stereocenters. The van der Waals surface area contributed by atoms with E-state index in [9.17, 15) is 0 Å². The maximum absolute atomic E-state index is 8.74. The van der Waals surface area contributed by atoms with Gasteiger partial charge in [-0.25, -0.2) is 0 Å². The van der Waals surface area contributed by atoms with E-state index < -0.39 is 10.4 Å². The van der Waals surface area contributed by atoms with Crippen LogP contribution in [-0.2, 0) is 27.5 Å². The third-order valence-electron chi connectivity index (χ3n) is 0. The molecule has 0 aromatic rings. The van der Waals surface area contributed by atoms with Gasteiger partial charge in [0.1, 0.15) is 0 Å². The second-order valence-corrected chi connectivity index (χ2v) is 1.34. The summed E-state index contributed by atoms with van der Waals surface area (Å²) in [5, 5.41) is 0. The van der Waals surface area contributed by atoms with E-state index in [0.29, 0.717) is 0 Å². The summed E-state index contributed by atoms with van der Waals surface area (Å²) in [4.78, 5) is 0. The maximum Gasteiger partial charge on any atom is 0.394 e. The topological polar surface area (TPSA) is 74.6 Å². The van der Waals surface area contributed by atoms with Crippen molar-refractivity contribution in [3.63, 3.8) is 0 Å². The van der Waals surface area contributed by atoms with Crippen molar-refractivity contribution in [3.05, 3.63) is 0 Å². The Morgan fingerprint density at radius 2 is 1.14 bits per heavy atom. The Kier molecular flexibility index (Phi) is 10.0. The second-order valence-electron chi connectivity index (χ2n) is 0.448. The van der Waals surface area contributed by atoms with Crippen molar-refractivity contribution < 1.29 is 39.3 Å². The summed E-state index contributed by atoms with van der Waals surface area (Å²) < 4.78 is 31.6. The van der Waals surface area contributed by atoms with Crippen LogP contribution >= 0.6 is 0 Å². The normalized spacial score (nSPS) is 8.29. The molecule has 0 aliphatic heterocycles. The minimum Gasteiger partial charge on any atom is -0.264 e. The third-order valence-corrected chi connectivity index (χ3v) is 0. The van der Waals surface area contributed by atoms with Crippen LogP contribution in [0.1, 0.15) is 0 Å². The first kappa shape index (κ1) is 15.7. The standard InChI is InChI=1S/F.Fe.H2O4S/c;;1-5(2,3)4/h;;(H2,1,2,3,4). The molecule has 0 aliphatic carbocycles. The molecule has 0 amide bonds. The van der Waals surface area contributed by atoms with Crippen LogP contribution in [0.4, 0.5) is 4.70 Å². The fourth-order valence-corrected chi connectivity index (χ4v) is 0. The second kappa shape index (κ2) is 4.48. The van der Waals surface area contributed by atoms with E-state index in [-0.39, 0.29) is 21.8 Å². The third kappa shape index (κ3) is 1160. The first-order chi connectivity index (χ1) is 2.00. The molecule has 0 aliphatic rings. The van der Waals surface area contributed by atoms with Gasteiger partial charge >= 0.3 is 10.4 Å². The molecule has 47 valence electrons. The number of rotatable bonds is 0. The molecule has 4 nitrogen and oxygen atoms in total. The van der Waals surface area contributed by atoms with E-state index in [2.05, 4.69) is 0 Å². The molecule has 0 saturated heterocycles. The summed E-state index contributed by atoms with van der Waals surface area (Å²) in [6.07, 6.45) is 0. The van der Waals surface area contributed by atoms with E-state index in [1.165, 1.54) is 0 Å². The average Bonchev–Trinajstić information content (AvgIpc) is 0.722. The fourth-order valence-electron chi connectivity index (χ4n) is 0. The molecule has 0 unspecified atom stereocenters. The summed E-state index contributed by atoms with van der Waals surface area (Å²) >= 11 is 0. The molecule has 0 aromatic heterocycles. The molecule has 0 saturated carbocycles. The average molecular weight is 173 g/mol. The van der Waals surface area contributed by atoms with Crippen molar-refractivity contribution in [2.45, 2.75) is 0 Å². The molecule has 0 bridgehead atoms. The van der Waals surface area contributed by atoms with Gasteiger partial charge in [0, 0.05) is 21.8 Å². The van der Waals surface area contributed by atoms with Crippen LogP contribution < -0.4 is 0 Å². The zero-order valence-electron chi connectivity index (χ0n) is 2.85. The van der Waals surface area contributed by atoms with Gasteiger partial charge in [0.15, 0.2) is 0 Å². The van der Waals surface area contributed by atoms with Gasteiger partial charge in [-0.15, -0.1) is 0 Å². The zero-order chi connectivity index (χ0) is 4.50. The predicted molar refractivity (Wildman–Crippen MR) is 15.3 cm³/mol. The summed E-state index contributed by atoms with van der Waals surface area (Å²) in [6.45, 7) is 0. The van der Waals surface area contributed by atoms with Crippen LogP contribution in [0.5, 0.6) is 0 Å². The zero-order valence-corrected chi connectivity index (χ0v) is 4.77. The number of hydrogen-bond acceptors (Lipinski definition) is 2. The molecule has 7 heteroatoms. The fraction of sp³-hybridized carbons (Fsp3) is 0. The molecule has 0 rings (SSSR count). The van der Waals surface area contributed by atoms with Gasteiger partial charge in [-0.1, -0.05) is 0 Å². The Morgan fingerprint density at radius 1 is 1.14 bits per heavy atom. The largest absolute Gasteiger partial charge is 0.394 e. The van der Waals surface area contributed by atoms with E-state index in [0.717, 1.165) is 0 Å². The smallest absolute Gasteiger partial charge is 0.264 e. The summed E-state index contributed by atoms with van der Waals surface area (Å²) in [6, 6.07) is 0. The van der Waals surface area contributed by atoms with Crippen molar-refractivity contribution in [2.24, 2.45) is 0 Å². The van der Waals surface area contributed by atoms with Crippen LogP contribution in [0.25, 0.3) is 0 Å². The molecule has 7 heavy (non-hydrogen) atoms. The molecule has 1 radical (unpaired) electrons. The number of hydrogen-bond donors (Lipinski definition) is 2. The molecule has 0 fully saturated rings. The van der Waals surface area contributed by atoms with Crippen LogP contribution in [-0.4, -0.2) is 17.5 Å². The van der Waals surface area contributed by atoms with Gasteiger partial charge < -0.3 is 0 Å². The molecule has 0 spiro atoms. The molecular formula is H2FFeO4S. The minimum absolute atomic E-state index is 0. The van der Waals surface area contributed by atoms with Gasteiger partial charge in [-0.05, 0) is 0 Å². The molecule has 2 N–H and O–H groups in total. The van der Waals surface area contributed by atoms with Crippen molar-refractivity contribution >= 4 is 10.4 Å². The first-order valence-corrected chi connectivity index (χ1v) is 2.10. The first-order valence-electron chi connectivity index (χ1n) is 0.698. The molecule has 0 heterocycles. The summed E-state index contributed by atoms with van der Waals surface area (Å²) in [7, 11) is -4.67. The Balaban J connectivity index is -0.0000000800. The van der Waals surface area contributed by atoms with Gasteiger partial charge in [0.05, 0.1) is 0 Å². The quantitative estimate of drug-likeness (QED) is 0.391. The van der Waals surface area contributed by atoms with Crippen LogP contribution in [0.2, 0.25) is 0 Å². The van der Waals surface area contributed by atoms with Gasteiger partial charge in [0.2, 0.25) is 0 Å². The van der Waals surface area contributed by atoms with Gasteiger partial charge in [-0.2, -0.15) is 8.42 Å². The van der Waals surface area contributed by atoms with E-state index in [4.69, 9.17) is 17.5 Å². The van der Waals surface area contributed by atoms with Crippen LogP contribution in [0.15, 0.2) is 0 Å². The van der Waals surface area contributed by atoms with Crippen LogP contribution in [0, 0.1) is 0 Å². The van der Waals surface area contributed by atoms with Crippen molar-refractivity contribution in [1.82, 2.24) is 0 Å². The molecule has 0 aromatic carbocycles. The summed E-state index contributed by atoms with van der Waals surface area (Å²) in [5.74, 6) is 0. The minimum atomic E-state index is -4.67. The predicted octanol–water partition coefficient (Wildman–Crippen LogP) is -0.235. The van der Waals surface area contributed by atoms with E-state index >= 15 is 0 Å². The van der Waals surface area contributed by atoms with Crippen molar-refractivity contribution in [1.29, 1.82) is 0 Å². The van der Waals surface area contributed by atoms with E-state index in [1.807, 2.05) is 0 Å². The Bertz CT molecular complexity index is 94.9. The SMILES string of the molecule is O=S(=O)(O)O.[F].[Fe]. The van der Waals surface area contributed by atoms with Gasteiger partial charge in [0.25, 0.3) is 0 Å². The van der Waals surface area contributed by atoms with Gasteiger partial charge in [-0.3, -0.25) is 9.11 Å². The number of halogens is 1. The maximum atomic E-state index is 8.74. The van der Waals surface area contributed by atoms with Crippen LogP contribution in [0.3, 0.4) is 0 Å². The molecular weight excluding hydrogens is 171 g/mol. The van der Waals surface area contributed by atoms with Crippen molar-refractivity contribution in [3.8, 4) is 0 Å². The Labute approximate surface area is 50.3 Å². The Morgan fingerprint density at radius 3 is 1.14 bits per heavy atom. The summed E-state index contributed by atoms with van der Waals surface area (Å²) in [5.41, 5.74) is 0. The Hall–Kier alpha value is 0.319. The van der Waals surface area contributed by atoms with E-state index in [1.54, 1.807) is 0 Å². The monoisotopic (exact) mass is 173 g/mol. The van der Waals surface area contributed by atoms with Crippen molar-refractivity contribution in [2.75, 3.05) is 0 Å².